The maximum Gasteiger partial charge on any atom is 0.243 e. The fourth-order valence-corrected chi connectivity index (χ4v) is 6.93. The van der Waals surface area contributed by atoms with Crippen LogP contribution in [0.2, 0.25) is 0 Å². The Morgan fingerprint density at radius 1 is 0.897 bits per heavy atom. The Balaban J connectivity index is 1.26. The van der Waals surface area contributed by atoms with Gasteiger partial charge in [0.25, 0.3) is 0 Å². The first kappa shape index (κ1) is 29.1. The topological polar surface area (TPSA) is 84.4 Å². The van der Waals surface area contributed by atoms with Crippen LogP contribution in [0.1, 0.15) is 25.3 Å². The molecule has 9 nitrogen and oxygen atoms in total. The van der Waals surface area contributed by atoms with Crippen molar-refractivity contribution in [3.05, 3.63) is 54.4 Å². The lowest BCUT2D eigenvalue weighted by Crippen LogP contribution is -2.46. The molecule has 39 heavy (non-hydrogen) atoms. The molecule has 0 N–H and O–H groups in total. The smallest absolute Gasteiger partial charge is 0.243 e. The van der Waals surface area contributed by atoms with Gasteiger partial charge in [-0.15, -0.1) is 0 Å². The van der Waals surface area contributed by atoms with Gasteiger partial charge in [-0.1, -0.05) is 25.1 Å². The van der Waals surface area contributed by atoms with Crippen molar-refractivity contribution < 1.29 is 22.6 Å². The number of benzene rings is 2. The number of pyridine rings is 1. The standard InChI is InChI=1S/C29H40N4O5S/c1-5-33(39(34,35)27-10-8-9-23-21-30-14-13-25(23)27)16-7-6-15-31-17-19-32(20-18-31)22-24-11-12-26(36-2)29(38-4)28(24)37-3/h8-14,21H,5-7,15-20,22H2,1-4H3. The monoisotopic (exact) mass is 556 g/mol. The van der Waals surface area contributed by atoms with Gasteiger partial charge in [-0.05, 0) is 37.6 Å². The molecule has 10 heteroatoms. The van der Waals surface area contributed by atoms with Crippen LogP contribution in [0, 0.1) is 0 Å². The van der Waals surface area contributed by atoms with Crippen molar-refractivity contribution in [3.8, 4) is 17.2 Å². The Labute approximate surface area is 232 Å². The number of nitrogens with zero attached hydrogens (tertiary/aromatic N) is 4. The highest BCUT2D eigenvalue weighted by molar-refractivity contribution is 7.89. The van der Waals surface area contributed by atoms with Crippen molar-refractivity contribution in [1.29, 1.82) is 0 Å². The number of hydrogen-bond acceptors (Lipinski definition) is 8. The molecule has 1 aliphatic rings. The van der Waals surface area contributed by atoms with Gasteiger partial charge in [0, 0.05) is 74.5 Å². The van der Waals surface area contributed by atoms with E-state index in [1.54, 1.807) is 56.2 Å². The van der Waals surface area contributed by atoms with Gasteiger partial charge in [-0.3, -0.25) is 9.88 Å². The fraction of sp³-hybridized carbons (Fsp3) is 0.483. The van der Waals surface area contributed by atoms with Gasteiger partial charge in [0.2, 0.25) is 15.8 Å². The quantitative estimate of drug-likeness (QED) is 0.294. The third-order valence-corrected chi connectivity index (χ3v) is 9.42. The van der Waals surface area contributed by atoms with Crippen LogP contribution in [0.4, 0.5) is 0 Å². The molecule has 0 aliphatic carbocycles. The number of methoxy groups -OCH3 is 3. The van der Waals surface area contributed by atoms with Crippen LogP contribution in [0.5, 0.6) is 17.2 Å². The number of aromatic nitrogens is 1. The Hall–Kier alpha value is -2.92. The molecule has 0 amide bonds. The van der Waals surface area contributed by atoms with Gasteiger partial charge in [0.15, 0.2) is 11.5 Å². The molecule has 0 spiro atoms. The van der Waals surface area contributed by atoms with Crippen molar-refractivity contribution in [3.63, 3.8) is 0 Å². The molecule has 0 bridgehead atoms. The van der Waals surface area contributed by atoms with E-state index in [-0.39, 0.29) is 0 Å². The summed E-state index contributed by atoms with van der Waals surface area (Å²) < 4.78 is 45.1. The fourth-order valence-electron chi connectivity index (χ4n) is 5.23. The van der Waals surface area contributed by atoms with Gasteiger partial charge < -0.3 is 19.1 Å². The lowest BCUT2D eigenvalue weighted by Gasteiger charge is -2.35. The molecule has 1 saturated heterocycles. The first-order valence-electron chi connectivity index (χ1n) is 13.5. The highest BCUT2D eigenvalue weighted by Gasteiger charge is 2.25. The summed E-state index contributed by atoms with van der Waals surface area (Å²) in [6, 6.07) is 11.1. The van der Waals surface area contributed by atoms with E-state index in [1.165, 1.54) is 0 Å². The molecule has 212 valence electrons. The van der Waals surface area contributed by atoms with E-state index in [1.807, 2.05) is 25.1 Å². The van der Waals surface area contributed by atoms with E-state index in [0.29, 0.717) is 29.5 Å². The Morgan fingerprint density at radius 3 is 2.33 bits per heavy atom. The Kier molecular flexibility index (Phi) is 10.0. The van der Waals surface area contributed by atoms with Gasteiger partial charge in [0.1, 0.15) is 0 Å². The molecule has 1 aromatic heterocycles. The second kappa shape index (κ2) is 13.4. The van der Waals surface area contributed by atoms with Crippen LogP contribution in [0.15, 0.2) is 53.7 Å². The summed E-state index contributed by atoms with van der Waals surface area (Å²) in [6.45, 7) is 8.49. The van der Waals surface area contributed by atoms with Crippen LogP contribution in [0.25, 0.3) is 10.8 Å². The summed E-state index contributed by atoms with van der Waals surface area (Å²) in [5, 5.41) is 1.55. The molecule has 0 atom stereocenters. The largest absolute Gasteiger partial charge is 0.493 e. The molecule has 1 aliphatic heterocycles. The molecule has 0 unspecified atom stereocenters. The molecule has 4 rings (SSSR count). The number of ether oxygens (including phenoxy) is 3. The summed E-state index contributed by atoms with van der Waals surface area (Å²) in [7, 11) is 1.33. The maximum atomic E-state index is 13.4. The predicted molar refractivity (Wildman–Crippen MR) is 153 cm³/mol. The van der Waals surface area contributed by atoms with E-state index in [0.717, 1.165) is 74.2 Å². The van der Waals surface area contributed by atoms with Gasteiger partial charge in [0.05, 0.1) is 26.2 Å². The molecule has 1 fully saturated rings. The summed E-state index contributed by atoms with van der Waals surface area (Å²) in [6.07, 6.45) is 5.12. The molecule has 2 aromatic carbocycles. The molecule has 0 radical (unpaired) electrons. The lowest BCUT2D eigenvalue weighted by atomic mass is 10.1. The Morgan fingerprint density at radius 2 is 1.64 bits per heavy atom. The van der Waals surface area contributed by atoms with Crippen molar-refractivity contribution in [2.75, 3.05) is 67.1 Å². The van der Waals surface area contributed by atoms with E-state index in [2.05, 4.69) is 14.8 Å². The van der Waals surface area contributed by atoms with Gasteiger partial charge in [-0.25, -0.2) is 8.42 Å². The summed E-state index contributed by atoms with van der Waals surface area (Å²) in [5.41, 5.74) is 1.08. The average molecular weight is 557 g/mol. The van der Waals surface area contributed by atoms with Crippen LogP contribution in [-0.2, 0) is 16.6 Å². The van der Waals surface area contributed by atoms with Crippen LogP contribution < -0.4 is 14.2 Å². The summed E-state index contributed by atoms with van der Waals surface area (Å²) in [4.78, 5) is 9.36. The predicted octanol–water partition coefficient (Wildman–Crippen LogP) is 3.87. The van der Waals surface area contributed by atoms with E-state index in [9.17, 15) is 8.42 Å². The Bertz CT molecular complexity index is 1340. The van der Waals surface area contributed by atoms with Gasteiger partial charge in [-0.2, -0.15) is 4.31 Å². The number of unbranched alkanes of at least 4 members (excludes halogenated alkanes) is 1. The molecular weight excluding hydrogens is 516 g/mol. The maximum absolute atomic E-state index is 13.4. The highest BCUT2D eigenvalue weighted by atomic mass is 32.2. The number of fused-ring (bicyclic) bond motifs is 1. The third kappa shape index (κ3) is 6.63. The van der Waals surface area contributed by atoms with E-state index >= 15 is 0 Å². The minimum absolute atomic E-state index is 0.353. The van der Waals surface area contributed by atoms with E-state index < -0.39 is 10.0 Å². The summed E-state index contributed by atoms with van der Waals surface area (Å²) >= 11 is 0. The van der Waals surface area contributed by atoms with Crippen molar-refractivity contribution in [2.45, 2.75) is 31.2 Å². The highest BCUT2D eigenvalue weighted by Crippen LogP contribution is 2.40. The first-order valence-corrected chi connectivity index (χ1v) is 14.9. The zero-order valence-corrected chi connectivity index (χ0v) is 24.2. The third-order valence-electron chi connectivity index (χ3n) is 7.39. The number of piperazine rings is 1. The molecule has 2 heterocycles. The zero-order valence-electron chi connectivity index (χ0n) is 23.4. The minimum atomic E-state index is -3.58. The lowest BCUT2D eigenvalue weighted by molar-refractivity contribution is 0.124. The van der Waals surface area contributed by atoms with Crippen molar-refractivity contribution in [2.24, 2.45) is 0 Å². The van der Waals surface area contributed by atoms with Crippen LogP contribution in [-0.4, -0.2) is 94.6 Å². The van der Waals surface area contributed by atoms with Crippen LogP contribution in [0.3, 0.4) is 0 Å². The number of hydrogen-bond donors (Lipinski definition) is 0. The average Bonchev–Trinajstić information content (AvgIpc) is 2.97. The van der Waals surface area contributed by atoms with Gasteiger partial charge >= 0.3 is 0 Å². The zero-order chi connectivity index (χ0) is 27.8. The number of sulfonamides is 1. The molecular formula is C29H40N4O5S. The SMILES string of the molecule is CCN(CCCCN1CCN(Cc2ccc(OC)c(OC)c2OC)CC1)S(=O)(=O)c1cccc2cnccc12. The normalized spacial score (nSPS) is 15.1. The first-order chi connectivity index (χ1) is 18.9. The second-order valence-corrected chi connectivity index (χ2v) is 11.6. The molecule has 0 saturated carbocycles. The molecule has 3 aromatic rings. The van der Waals surface area contributed by atoms with Crippen LogP contribution >= 0.6 is 0 Å². The van der Waals surface area contributed by atoms with Crippen molar-refractivity contribution in [1.82, 2.24) is 19.1 Å². The van der Waals surface area contributed by atoms with E-state index in [4.69, 9.17) is 14.2 Å². The van der Waals surface area contributed by atoms with Crippen molar-refractivity contribution >= 4 is 20.8 Å². The number of rotatable bonds is 13. The second-order valence-electron chi connectivity index (χ2n) is 9.67. The summed E-state index contributed by atoms with van der Waals surface area (Å²) in [5.74, 6) is 2.00. The minimum Gasteiger partial charge on any atom is -0.493 e.